The van der Waals surface area contributed by atoms with Crippen LogP contribution in [0.4, 0.5) is 0 Å². The van der Waals surface area contributed by atoms with E-state index in [0.29, 0.717) is 6.04 Å². The summed E-state index contributed by atoms with van der Waals surface area (Å²) in [7, 11) is 0. The quantitative estimate of drug-likeness (QED) is 0.555. The lowest BCUT2D eigenvalue weighted by atomic mass is 10.0. The minimum Gasteiger partial charge on any atom is -0.339 e. The molecule has 0 bridgehead atoms. The molecule has 1 rings (SSSR count). The molecule has 1 amide bonds. The lowest BCUT2D eigenvalue weighted by molar-refractivity contribution is -0.131. The van der Waals surface area contributed by atoms with Gasteiger partial charge in [0, 0.05) is 12.6 Å². The number of halogens is 1. The van der Waals surface area contributed by atoms with Crippen LogP contribution in [0.15, 0.2) is 0 Å². The number of carbonyl (C=O) groups excluding carboxylic acids is 1. The normalized spacial score (nSPS) is 25.3. The highest BCUT2D eigenvalue weighted by Gasteiger charge is 2.21. The van der Waals surface area contributed by atoms with Gasteiger partial charge in [0.2, 0.25) is 5.91 Å². The minimum atomic E-state index is 0.0823. The van der Waals surface area contributed by atoms with Gasteiger partial charge >= 0.3 is 0 Å². The van der Waals surface area contributed by atoms with Gasteiger partial charge in [-0.1, -0.05) is 0 Å². The Kier molecular flexibility index (Phi) is 3.18. The molecule has 64 valence electrons. The average Bonchev–Trinajstić information content (AvgIpc) is 2.04. The molecule has 1 unspecified atom stereocenters. The molecule has 1 saturated heterocycles. The number of alkyl halides is 1. The van der Waals surface area contributed by atoms with Crippen molar-refractivity contribution in [3.8, 4) is 0 Å². The standard InChI is InChI=1S/C8H14ClNO/c1-7-4-2-3-5-10(7)8(11)6-9/h7H,2-6H2,1H3. The second-order valence-corrected chi connectivity index (χ2v) is 3.33. The maximum Gasteiger partial charge on any atom is 0.237 e. The summed E-state index contributed by atoms with van der Waals surface area (Å²) in [6, 6.07) is 0.398. The predicted molar refractivity (Wildman–Crippen MR) is 45.7 cm³/mol. The molecule has 1 aliphatic heterocycles. The van der Waals surface area contributed by atoms with Gasteiger partial charge in [-0.2, -0.15) is 0 Å². The van der Waals surface area contributed by atoms with E-state index in [2.05, 4.69) is 6.92 Å². The van der Waals surface area contributed by atoms with Crippen LogP contribution in [0.1, 0.15) is 26.2 Å². The van der Waals surface area contributed by atoms with Gasteiger partial charge in [0.05, 0.1) is 0 Å². The van der Waals surface area contributed by atoms with E-state index in [0.717, 1.165) is 19.4 Å². The van der Waals surface area contributed by atoms with Gasteiger partial charge < -0.3 is 4.90 Å². The third kappa shape index (κ3) is 2.09. The zero-order valence-electron chi connectivity index (χ0n) is 6.85. The fraction of sp³-hybridized carbons (Fsp3) is 0.875. The van der Waals surface area contributed by atoms with E-state index in [9.17, 15) is 4.79 Å². The van der Waals surface area contributed by atoms with E-state index < -0.39 is 0 Å². The van der Waals surface area contributed by atoms with Crippen molar-refractivity contribution < 1.29 is 4.79 Å². The number of carbonyl (C=O) groups is 1. The van der Waals surface area contributed by atoms with Crippen molar-refractivity contribution in [2.75, 3.05) is 12.4 Å². The fourth-order valence-corrected chi connectivity index (χ4v) is 1.70. The molecule has 1 aliphatic rings. The maximum absolute atomic E-state index is 11.2. The second kappa shape index (κ2) is 3.96. The van der Waals surface area contributed by atoms with Crippen molar-refractivity contribution in [1.82, 2.24) is 4.90 Å². The van der Waals surface area contributed by atoms with Crippen molar-refractivity contribution in [3.63, 3.8) is 0 Å². The van der Waals surface area contributed by atoms with Gasteiger partial charge in [-0.15, -0.1) is 11.6 Å². The largest absolute Gasteiger partial charge is 0.339 e. The first-order chi connectivity index (χ1) is 5.25. The Morgan fingerprint density at radius 2 is 2.36 bits per heavy atom. The van der Waals surface area contributed by atoms with Crippen LogP contribution in [0.25, 0.3) is 0 Å². The Balaban J connectivity index is 2.47. The monoisotopic (exact) mass is 175 g/mol. The zero-order valence-corrected chi connectivity index (χ0v) is 7.60. The van der Waals surface area contributed by atoms with Crippen molar-refractivity contribution in [2.45, 2.75) is 32.2 Å². The zero-order chi connectivity index (χ0) is 8.27. The highest BCUT2D eigenvalue weighted by molar-refractivity contribution is 6.27. The van der Waals surface area contributed by atoms with Crippen molar-refractivity contribution in [1.29, 1.82) is 0 Å². The fourth-order valence-electron chi connectivity index (χ4n) is 1.55. The summed E-state index contributed by atoms with van der Waals surface area (Å²) in [5.41, 5.74) is 0. The molecule has 0 aromatic heterocycles. The summed E-state index contributed by atoms with van der Waals surface area (Å²) >= 11 is 5.46. The lowest BCUT2D eigenvalue weighted by Crippen LogP contribution is -2.42. The molecule has 1 atom stereocenters. The molecule has 2 nitrogen and oxygen atoms in total. The Bertz CT molecular complexity index is 149. The van der Waals surface area contributed by atoms with Gasteiger partial charge in [0.1, 0.15) is 5.88 Å². The van der Waals surface area contributed by atoms with Crippen molar-refractivity contribution in [2.24, 2.45) is 0 Å². The first kappa shape index (κ1) is 8.85. The maximum atomic E-state index is 11.2. The average molecular weight is 176 g/mol. The van der Waals surface area contributed by atoms with Crippen LogP contribution in [0.3, 0.4) is 0 Å². The van der Waals surface area contributed by atoms with E-state index in [1.54, 1.807) is 0 Å². The molecule has 0 radical (unpaired) electrons. The van der Waals surface area contributed by atoms with E-state index in [1.807, 2.05) is 4.90 Å². The first-order valence-corrected chi connectivity index (χ1v) is 4.64. The molecule has 11 heavy (non-hydrogen) atoms. The van der Waals surface area contributed by atoms with Gasteiger partial charge in [0.15, 0.2) is 0 Å². The third-order valence-electron chi connectivity index (χ3n) is 2.24. The molecule has 0 saturated carbocycles. The molecule has 0 N–H and O–H groups in total. The molecule has 0 aromatic carbocycles. The summed E-state index contributed by atoms with van der Waals surface area (Å²) in [4.78, 5) is 13.1. The van der Waals surface area contributed by atoms with E-state index in [1.165, 1.54) is 6.42 Å². The van der Waals surface area contributed by atoms with Crippen LogP contribution in [0.2, 0.25) is 0 Å². The molecular formula is C8H14ClNO. The second-order valence-electron chi connectivity index (χ2n) is 3.07. The lowest BCUT2D eigenvalue weighted by Gasteiger charge is -2.32. The number of piperidine rings is 1. The summed E-state index contributed by atoms with van der Waals surface area (Å²) in [5.74, 6) is 0.212. The number of nitrogens with zero attached hydrogens (tertiary/aromatic N) is 1. The molecule has 3 heteroatoms. The highest BCUT2D eigenvalue weighted by Crippen LogP contribution is 2.16. The summed E-state index contributed by atoms with van der Waals surface area (Å²) in [6.07, 6.45) is 3.50. The summed E-state index contributed by atoms with van der Waals surface area (Å²) < 4.78 is 0. The molecular weight excluding hydrogens is 162 g/mol. The minimum absolute atomic E-state index is 0.0823. The smallest absolute Gasteiger partial charge is 0.237 e. The topological polar surface area (TPSA) is 20.3 Å². The van der Waals surface area contributed by atoms with Crippen LogP contribution < -0.4 is 0 Å². The van der Waals surface area contributed by atoms with Gasteiger partial charge in [-0.3, -0.25) is 4.79 Å². The number of rotatable bonds is 1. The van der Waals surface area contributed by atoms with Crippen LogP contribution in [0.5, 0.6) is 0 Å². The molecule has 1 fully saturated rings. The molecule has 0 spiro atoms. The highest BCUT2D eigenvalue weighted by atomic mass is 35.5. The van der Waals surface area contributed by atoms with Gasteiger partial charge in [-0.05, 0) is 26.2 Å². The SMILES string of the molecule is CC1CCCCN1C(=O)CCl. The Labute approximate surface area is 72.5 Å². The van der Waals surface area contributed by atoms with Crippen molar-refractivity contribution in [3.05, 3.63) is 0 Å². The Hall–Kier alpha value is -0.240. The molecule has 1 heterocycles. The summed E-state index contributed by atoms with van der Waals surface area (Å²) in [5, 5.41) is 0. The predicted octanol–water partition coefficient (Wildman–Crippen LogP) is 1.63. The number of hydrogen-bond donors (Lipinski definition) is 0. The molecule has 0 aromatic rings. The van der Waals surface area contributed by atoms with Crippen molar-refractivity contribution >= 4 is 17.5 Å². The summed E-state index contributed by atoms with van der Waals surface area (Å²) in [6.45, 7) is 2.98. The van der Waals surface area contributed by atoms with Gasteiger partial charge in [-0.25, -0.2) is 0 Å². The van der Waals surface area contributed by atoms with E-state index in [-0.39, 0.29) is 11.8 Å². The van der Waals surface area contributed by atoms with E-state index >= 15 is 0 Å². The number of hydrogen-bond acceptors (Lipinski definition) is 1. The van der Waals surface area contributed by atoms with Crippen LogP contribution >= 0.6 is 11.6 Å². The number of amides is 1. The Morgan fingerprint density at radius 1 is 1.64 bits per heavy atom. The van der Waals surface area contributed by atoms with Crippen LogP contribution in [0, 0.1) is 0 Å². The third-order valence-corrected chi connectivity index (χ3v) is 2.47. The molecule has 0 aliphatic carbocycles. The van der Waals surface area contributed by atoms with Crippen LogP contribution in [-0.2, 0) is 4.79 Å². The van der Waals surface area contributed by atoms with E-state index in [4.69, 9.17) is 11.6 Å². The first-order valence-electron chi connectivity index (χ1n) is 4.11. The van der Waals surface area contributed by atoms with Crippen LogP contribution in [-0.4, -0.2) is 29.3 Å². The Morgan fingerprint density at radius 3 is 2.91 bits per heavy atom. The number of likely N-dealkylation sites (tertiary alicyclic amines) is 1. The van der Waals surface area contributed by atoms with Gasteiger partial charge in [0.25, 0.3) is 0 Å².